The van der Waals surface area contributed by atoms with Gasteiger partial charge in [0.15, 0.2) is 0 Å². The highest BCUT2D eigenvalue weighted by atomic mass is 19.1. The quantitative estimate of drug-likeness (QED) is 0.840. The summed E-state index contributed by atoms with van der Waals surface area (Å²) in [5, 5.41) is 9.33. The smallest absolute Gasteiger partial charge is 0.127 e. The van der Waals surface area contributed by atoms with E-state index >= 15 is 0 Å². The Morgan fingerprint density at radius 2 is 2.12 bits per heavy atom. The Hall–Kier alpha value is -0.970. The zero-order valence-electron chi connectivity index (χ0n) is 10.0. The third-order valence-electron chi connectivity index (χ3n) is 3.16. The molecular weight excluding hydrogens is 221 g/mol. The lowest BCUT2D eigenvalue weighted by Gasteiger charge is -2.42. The van der Waals surface area contributed by atoms with Crippen molar-refractivity contribution in [1.82, 2.24) is 4.90 Å². The summed E-state index contributed by atoms with van der Waals surface area (Å²) in [6.45, 7) is 2.57. The first-order chi connectivity index (χ1) is 8.15. The van der Waals surface area contributed by atoms with Gasteiger partial charge in [-0.25, -0.2) is 4.39 Å². The Bertz CT molecular complexity index is 374. The van der Waals surface area contributed by atoms with Crippen molar-refractivity contribution in [2.75, 3.05) is 33.4 Å². The van der Waals surface area contributed by atoms with E-state index in [-0.39, 0.29) is 17.8 Å². The Morgan fingerprint density at radius 1 is 1.41 bits per heavy atom. The number of halogens is 1. The fourth-order valence-electron chi connectivity index (χ4n) is 2.17. The maximum Gasteiger partial charge on any atom is 0.127 e. The zero-order chi connectivity index (χ0) is 12.3. The molecule has 1 N–H and O–H groups in total. The Balaban J connectivity index is 1.93. The number of benzene rings is 1. The summed E-state index contributed by atoms with van der Waals surface area (Å²) in [5.41, 5.74) is 0.531. The van der Waals surface area contributed by atoms with E-state index in [1.807, 2.05) is 18.0 Å². The van der Waals surface area contributed by atoms with Crippen LogP contribution >= 0.6 is 0 Å². The molecule has 1 saturated heterocycles. The lowest BCUT2D eigenvalue weighted by molar-refractivity contribution is -0.147. The molecule has 0 bridgehead atoms. The second-order valence-corrected chi connectivity index (χ2v) is 4.91. The minimum atomic E-state index is -0.178. The number of nitrogens with zero attached hydrogens (tertiary/aromatic N) is 1. The SMILES string of the molecule is CN(Cc1ccccc1F)CC1(CO)COC1. The van der Waals surface area contributed by atoms with Crippen LogP contribution in [-0.4, -0.2) is 43.4 Å². The van der Waals surface area contributed by atoms with Crippen molar-refractivity contribution in [3.63, 3.8) is 0 Å². The molecule has 1 aromatic carbocycles. The van der Waals surface area contributed by atoms with Crippen molar-refractivity contribution in [1.29, 1.82) is 0 Å². The van der Waals surface area contributed by atoms with Crippen molar-refractivity contribution in [2.45, 2.75) is 6.54 Å². The molecule has 17 heavy (non-hydrogen) atoms. The van der Waals surface area contributed by atoms with Gasteiger partial charge in [-0.15, -0.1) is 0 Å². The second kappa shape index (κ2) is 5.12. The van der Waals surface area contributed by atoms with Crippen LogP contribution in [-0.2, 0) is 11.3 Å². The topological polar surface area (TPSA) is 32.7 Å². The van der Waals surface area contributed by atoms with Gasteiger partial charge in [0, 0.05) is 18.7 Å². The van der Waals surface area contributed by atoms with Gasteiger partial charge < -0.3 is 14.7 Å². The molecule has 3 nitrogen and oxygen atoms in total. The van der Waals surface area contributed by atoms with Crippen molar-refractivity contribution in [3.05, 3.63) is 35.6 Å². The van der Waals surface area contributed by atoms with Crippen molar-refractivity contribution >= 4 is 0 Å². The van der Waals surface area contributed by atoms with Gasteiger partial charge in [0.05, 0.1) is 25.2 Å². The molecule has 1 aliphatic rings. The average molecular weight is 239 g/mol. The van der Waals surface area contributed by atoms with Crippen LogP contribution in [0.3, 0.4) is 0 Å². The molecule has 0 aromatic heterocycles. The normalized spacial score (nSPS) is 18.1. The van der Waals surface area contributed by atoms with Crippen LogP contribution in [0.25, 0.3) is 0 Å². The molecular formula is C13H18FNO2. The minimum Gasteiger partial charge on any atom is -0.396 e. The lowest BCUT2D eigenvalue weighted by Crippen LogP contribution is -2.52. The number of aliphatic hydroxyl groups excluding tert-OH is 1. The number of hydrogen-bond donors (Lipinski definition) is 1. The summed E-state index contributed by atoms with van der Waals surface area (Å²) in [6, 6.07) is 6.78. The zero-order valence-corrected chi connectivity index (χ0v) is 10.0. The molecule has 0 saturated carbocycles. The largest absolute Gasteiger partial charge is 0.396 e. The van der Waals surface area contributed by atoms with Crippen LogP contribution in [0.5, 0.6) is 0 Å². The Kier molecular flexibility index (Phi) is 3.76. The number of aliphatic hydroxyl groups is 1. The molecule has 0 spiro atoms. The van der Waals surface area contributed by atoms with Crippen molar-refractivity contribution in [3.8, 4) is 0 Å². The minimum absolute atomic E-state index is 0.120. The van der Waals surface area contributed by atoms with Crippen LogP contribution < -0.4 is 0 Å². The van der Waals surface area contributed by atoms with E-state index in [2.05, 4.69) is 0 Å². The molecule has 0 amide bonds. The molecule has 0 radical (unpaired) electrons. The number of hydrogen-bond acceptors (Lipinski definition) is 3. The number of rotatable bonds is 5. The molecule has 4 heteroatoms. The standard InChI is InChI=1S/C13H18FNO2/c1-15(7-13(8-16)9-17-10-13)6-11-4-2-3-5-12(11)14/h2-5,16H,6-10H2,1H3. The van der Waals surface area contributed by atoms with E-state index in [9.17, 15) is 9.50 Å². The van der Waals surface area contributed by atoms with Crippen LogP contribution in [0.2, 0.25) is 0 Å². The summed E-state index contributed by atoms with van der Waals surface area (Å²) >= 11 is 0. The molecule has 1 aliphatic heterocycles. The van der Waals surface area contributed by atoms with Crippen LogP contribution in [0.15, 0.2) is 24.3 Å². The predicted molar refractivity (Wildman–Crippen MR) is 63.1 cm³/mol. The van der Waals surface area contributed by atoms with Gasteiger partial charge in [-0.2, -0.15) is 0 Å². The second-order valence-electron chi connectivity index (χ2n) is 4.91. The van der Waals surface area contributed by atoms with E-state index in [4.69, 9.17) is 4.74 Å². The maximum atomic E-state index is 13.5. The van der Waals surface area contributed by atoms with E-state index in [1.54, 1.807) is 12.1 Å². The molecule has 94 valence electrons. The first-order valence-corrected chi connectivity index (χ1v) is 5.76. The van der Waals surface area contributed by atoms with Gasteiger partial charge in [0.2, 0.25) is 0 Å². The predicted octanol–water partition coefficient (Wildman–Crippen LogP) is 1.27. The highest BCUT2D eigenvalue weighted by Crippen LogP contribution is 2.28. The van der Waals surface area contributed by atoms with Gasteiger partial charge in [-0.05, 0) is 13.1 Å². The first-order valence-electron chi connectivity index (χ1n) is 5.76. The van der Waals surface area contributed by atoms with E-state index < -0.39 is 0 Å². The van der Waals surface area contributed by atoms with Crippen molar-refractivity contribution < 1.29 is 14.2 Å². The summed E-state index contributed by atoms with van der Waals surface area (Å²) in [5.74, 6) is -0.178. The van der Waals surface area contributed by atoms with E-state index in [0.717, 1.165) is 6.54 Å². The third-order valence-corrected chi connectivity index (χ3v) is 3.16. The molecule has 0 unspecified atom stereocenters. The Labute approximate surface area is 101 Å². The maximum absolute atomic E-state index is 13.5. The highest BCUT2D eigenvalue weighted by molar-refractivity contribution is 5.17. The monoisotopic (exact) mass is 239 g/mol. The van der Waals surface area contributed by atoms with E-state index in [0.29, 0.717) is 25.3 Å². The van der Waals surface area contributed by atoms with Gasteiger partial charge in [0.25, 0.3) is 0 Å². The molecule has 0 atom stereocenters. The van der Waals surface area contributed by atoms with Gasteiger partial charge in [0.1, 0.15) is 5.82 Å². The Morgan fingerprint density at radius 3 is 2.65 bits per heavy atom. The van der Waals surface area contributed by atoms with E-state index in [1.165, 1.54) is 6.07 Å². The third kappa shape index (κ3) is 2.83. The van der Waals surface area contributed by atoms with Crippen LogP contribution in [0.1, 0.15) is 5.56 Å². The molecule has 1 aromatic rings. The van der Waals surface area contributed by atoms with Gasteiger partial charge in [-0.3, -0.25) is 0 Å². The average Bonchev–Trinajstić information content (AvgIpc) is 2.27. The molecule has 1 fully saturated rings. The summed E-state index contributed by atoms with van der Waals surface area (Å²) < 4.78 is 18.6. The molecule has 0 aliphatic carbocycles. The first kappa shape index (κ1) is 12.5. The van der Waals surface area contributed by atoms with Crippen LogP contribution in [0.4, 0.5) is 4.39 Å². The number of ether oxygens (including phenoxy) is 1. The summed E-state index contributed by atoms with van der Waals surface area (Å²) in [6.07, 6.45) is 0. The molecule has 1 heterocycles. The summed E-state index contributed by atoms with van der Waals surface area (Å²) in [7, 11) is 1.93. The highest BCUT2D eigenvalue weighted by Gasteiger charge is 2.38. The van der Waals surface area contributed by atoms with Crippen LogP contribution in [0, 0.1) is 11.2 Å². The van der Waals surface area contributed by atoms with Gasteiger partial charge in [-0.1, -0.05) is 18.2 Å². The molecule has 2 rings (SSSR count). The lowest BCUT2D eigenvalue weighted by atomic mass is 9.86. The van der Waals surface area contributed by atoms with Crippen molar-refractivity contribution in [2.24, 2.45) is 5.41 Å². The van der Waals surface area contributed by atoms with Gasteiger partial charge >= 0.3 is 0 Å². The fraction of sp³-hybridized carbons (Fsp3) is 0.538. The summed E-state index contributed by atoms with van der Waals surface area (Å²) in [4.78, 5) is 2.02. The fourth-order valence-corrected chi connectivity index (χ4v) is 2.17.